The van der Waals surface area contributed by atoms with Crippen LogP contribution in [0.5, 0.6) is 0 Å². The number of piperazine rings is 1. The number of hydrogen-bond donors (Lipinski definition) is 1. The monoisotopic (exact) mass is 259 g/mol. The van der Waals surface area contributed by atoms with Crippen LogP contribution in [0, 0.1) is 0 Å². The van der Waals surface area contributed by atoms with Crippen molar-refractivity contribution in [3.63, 3.8) is 0 Å². The topological polar surface area (TPSA) is 49.6 Å². The Morgan fingerprint density at radius 3 is 2.79 bits per heavy atom. The highest BCUT2D eigenvalue weighted by Gasteiger charge is 2.35. The number of hydrogen-bond acceptors (Lipinski definition) is 3. The smallest absolute Gasteiger partial charge is 0.222 e. The summed E-state index contributed by atoms with van der Waals surface area (Å²) in [6.07, 6.45) is 2.84. The Morgan fingerprint density at radius 2 is 2.00 bits per heavy atom. The Bertz CT molecular complexity index is 457. The SMILES string of the molecule is Nc1ccc(CCN2CCN3C(=O)CCC3C2)cc1. The molecule has 19 heavy (non-hydrogen) atoms. The highest BCUT2D eigenvalue weighted by Crippen LogP contribution is 2.22. The van der Waals surface area contributed by atoms with E-state index in [1.54, 1.807) is 0 Å². The molecule has 0 saturated carbocycles. The number of amides is 1. The maximum atomic E-state index is 11.6. The van der Waals surface area contributed by atoms with E-state index in [1.807, 2.05) is 12.1 Å². The predicted molar refractivity (Wildman–Crippen MR) is 75.7 cm³/mol. The fourth-order valence-electron chi connectivity index (χ4n) is 3.10. The van der Waals surface area contributed by atoms with Crippen LogP contribution >= 0.6 is 0 Å². The zero-order chi connectivity index (χ0) is 13.2. The lowest BCUT2D eigenvalue weighted by atomic mass is 10.1. The summed E-state index contributed by atoms with van der Waals surface area (Å²) in [6, 6.07) is 8.59. The highest BCUT2D eigenvalue weighted by molar-refractivity contribution is 5.78. The van der Waals surface area contributed by atoms with Crippen molar-refractivity contribution in [3.05, 3.63) is 29.8 Å². The highest BCUT2D eigenvalue weighted by atomic mass is 16.2. The van der Waals surface area contributed by atoms with E-state index < -0.39 is 0 Å². The third kappa shape index (κ3) is 2.73. The molecule has 3 rings (SSSR count). The molecule has 2 aliphatic rings. The summed E-state index contributed by atoms with van der Waals surface area (Å²) in [5.74, 6) is 0.350. The van der Waals surface area contributed by atoms with Crippen LogP contribution in [0.15, 0.2) is 24.3 Å². The third-order valence-corrected chi connectivity index (χ3v) is 4.28. The van der Waals surface area contributed by atoms with Gasteiger partial charge >= 0.3 is 0 Å². The summed E-state index contributed by atoms with van der Waals surface area (Å²) in [7, 11) is 0. The second-order valence-corrected chi connectivity index (χ2v) is 5.57. The molecule has 0 bridgehead atoms. The van der Waals surface area contributed by atoms with Crippen LogP contribution in [0.25, 0.3) is 0 Å². The summed E-state index contributed by atoms with van der Waals surface area (Å²) in [4.78, 5) is 16.2. The van der Waals surface area contributed by atoms with E-state index >= 15 is 0 Å². The Labute approximate surface area is 114 Å². The molecule has 4 nitrogen and oxygen atoms in total. The van der Waals surface area contributed by atoms with Crippen molar-refractivity contribution in [2.45, 2.75) is 25.3 Å². The first-order valence-corrected chi connectivity index (χ1v) is 7.08. The van der Waals surface area contributed by atoms with Crippen LogP contribution in [-0.4, -0.2) is 47.9 Å². The fourth-order valence-corrected chi connectivity index (χ4v) is 3.10. The maximum absolute atomic E-state index is 11.6. The zero-order valence-electron chi connectivity index (χ0n) is 11.2. The Kier molecular flexibility index (Phi) is 3.42. The van der Waals surface area contributed by atoms with Crippen LogP contribution in [0.1, 0.15) is 18.4 Å². The lowest BCUT2D eigenvalue weighted by molar-refractivity contribution is -0.130. The van der Waals surface area contributed by atoms with Crippen LogP contribution < -0.4 is 5.73 Å². The molecular weight excluding hydrogens is 238 g/mol. The quantitative estimate of drug-likeness (QED) is 0.828. The summed E-state index contributed by atoms with van der Waals surface area (Å²) >= 11 is 0. The standard InChI is InChI=1S/C15H21N3O/c16-13-3-1-12(2-4-13)7-8-17-9-10-18-14(11-17)5-6-15(18)19/h1-4,14H,5-11,16H2. The maximum Gasteiger partial charge on any atom is 0.222 e. The molecule has 2 aliphatic heterocycles. The van der Waals surface area contributed by atoms with Gasteiger partial charge in [-0.25, -0.2) is 0 Å². The van der Waals surface area contributed by atoms with E-state index in [2.05, 4.69) is 21.9 Å². The normalized spacial score (nSPS) is 23.7. The minimum Gasteiger partial charge on any atom is -0.399 e. The van der Waals surface area contributed by atoms with Crippen molar-refractivity contribution >= 4 is 11.6 Å². The van der Waals surface area contributed by atoms with Crippen LogP contribution in [-0.2, 0) is 11.2 Å². The molecule has 1 atom stereocenters. The van der Waals surface area contributed by atoms with E-state index in [0.29, 0.717) is 11.9 Å². The zero-order valence-corrected chi connectivity index (χ0v) is 11.2. The number of anilines is 1. The average Bonchev–Trinajstić information content (AvgIpc) is 2.79. The van der Waals surface area contributed by atoms with Gasteiger partial charge in [-0.2, -0.15) is 0 Å². The summed E-state index contributed by atoms with van der Waals surface area (Å²) in [5, 5.41) is 0. The van der Waals surface area contributed by atoms with Crippen molar-refractivity contribution in [1.29, 1.82) is 0 Å². The molecule has 2 N–H and O–H groups in total. The number of nitrogens with two attached hydrogens (primary N) is 1. The molecule has 1 unspecified atom stereocenters. The van der Waals surface area contributed by atoms with Gasteiger partial charge in [0.15, 0.2) is 0 Å². The first kappa shape index (κ1) is 12.5. The van der Waals surface area contributed by atoms with Crippen LogP contribution in [0.3, 0.4) is 0 Å². The number of carbonyl (C=O) groups excluding carboxylic acids is 1. The number of fused-ring (bicyclic) bond motifs is 1. The van der Waals surface area contributed by atoms with Gasteiger partial charge in [0.2, 0.25) is 5.91 Å². The molecule has 0 spiro atoms. The first-order valence-electron chi connectivity index (χ1n) is 7.08. The second kappa shape index (κ2) is 5.21. The number of nitrogens with zero attached hydrogens (tertiary/aromatic N) is 2. The van der Waals surface area contributed by atoms with Gasteiger partial charge in [0.05, 0.1) is 0 Å². The molecule has 0 radical (unpaired) electrons. The molecule has 1 aromatic carbocycles. The first-order chi connectivity index (χ1) is 9.22. The Balaban J connectivity index is 1.51. The molecule has 1 amide bonds. The molecular formula is C15H21N3O. The lowest BCUT2D eigenvalue weighted by Crippen LogP contribution is -2.51. The van der Waals surface area contributed by atoms with Gasteiger partial charge in [-0.05, 0) is 30.5 Å². The van der Waals surface area contributed by atoms with Gasteiger partial charge in [-0.1, -0.05) is 12.1 Å². The van der Waals surface area contributed by atoms with Gasteiger partial charge < -0.3 is 10.6 Å². The largest absolute Gasteiger partial charge is 0.399 e. The van der Waals surface area contributed by atoms with Crippen molar-refractivity contribution < 1.29 is 4.79 Å². The molecule has 4 heteroatoms. The van der Waals surface area contributed by atoms with E-state index in [4.69, 9.17) is 5.73 Å². The minimum absolute atomic E-state index is 0.350. The van der Waals surface area contributed by atoms with Gasteiger partial charge in [0.25, 0.3) is 0 Å². The summed E-state index contributed by atoms with van der Waals surface area (Å²) in [5.41, 5.74) is 7.84. The number of carbonyl (C=O) groups is 1. The lowest BCUT2D eigenvalue weighted by Gasteiger charge is -2.37. The predicted octanol–water partition coefficient (Wildman–Crippen LogP) is 1.12. The Hall–Kier alpha value is -1.55. The average molecular weight is 259 g/mol. The summed E-state index contributed by atoms with van der Waals surface area (Å²) < 4.78 is 0. The van der Waals surface area contributed by atoms with E-state index in [1.165, 1.54) is 5.56 Å². The van der Waals surface area contributed by atoms with E-state index in [9.17, 15) is 4.79 Å². The molecule has 102 valence electrons. The number of rotatable bonds is 3. The molecule has 2 saturated heterocycles. The van der Waals surface area contributed by atoms with Crippen LogP contribution in [0.4, 0.5) is 5.69 Å². The van der Waals surface area contributed by atoms with Crippen molar-refractivity contribution in [2.24, 2.45) is 0 Å². The second-order valence-electron chi connectivity index (χ2n) is 5.57. The minimum atomic E-state index is 0.350. The fraction of sp³-hybridized carbons (Fsp3) is 0.533. The van der Waals surface area contributed by atoms with Gasteiger partial charge in [-0.15, -0.1) is 0 Å². The molecule has 0 aliphatic carbocycles. The van der Waals surface area contributed by atoms with Gasteiger partial charge in [-0.3, -0.25) is 9.69 Å². The third-order valence-electron chi connectivity index (χ3n) is 4.28. The number of nitrogen functional groups attached to an aromatic ring is 1. The van der Waals surface area contributed by atoms with Crippen molar-refractivity contribution in [1.82, 2.24) is 9.80 Å². The van der Waals surface area contributed by atoms with Gasteiger partial charge in [0.1, 0.15) is 0 Å². The molecule has 0 aromatic heterocycles. The van der Waals surface area contributed by atoms with Crippen LogP contribution in [0.2, 0.25) is 0 Å². The number of benzene rings is 1. The van der Waals surface area contributed by atoms with Gasteiger partial charge in [0, 0.05) is 44.3 Å². The summed E-state index contributed by atoms with van der Waals surface area (Å²) in [6.45, 7) is 4.03. The molecule has 1 aromatic rings. The van der Waals surface area contributed by atoms with E-state index in [0.717, 1.165) is 51.1 Å². The van der Waals surface area contributed by atoms with Crippen molar-refractivity contribution in [2.75, 3.05) is 31.9 Å². The van der Waals surface area contributed by atoms with Crippen molar-refractivity contribution in [3.8, 4) is 0 Å². The molecule has 2 fully saturated rings. The van der Waals surface area contributed by atoms with E-state index in [-0.39, 0.29) is 0 Å². The Morgan fingerprint density at radius 1 is 1.21 bits per heavy atom. The molecule has 2 heterocycles.